The maximum Gasteiger partial charge on any atom is 4.00 e. The molecule has 0 saturated carbocycles. The van der Waals surface area contributed by atoms with E-state index in [2.05, 4.69) is 97.9 Å². The molecule has 1 aliphatic rings. The van der Waals surface area contributed by atoms with Crippen molar-refractivity contribution in [3.05, 3.63) is 75.9 Å². The molecule has 0 nitrogen and oxygen atoms in total. The first-order chi connectivity index (χ1) is 13.8. The minimum absolute atomic E-state index is 0. The van der Waals surface area contributed by atoms with Crippen molar-refractivity contribution in [2.75, 3.05) is 0 Å². The van der Waals surface area contributed by atoms with Crippen molar-refractivity contribution < 1.29 is 58.9 Å². The van der Waals surface area contributed by atoms with Gasteiger partial charge in [0.1, 0.15) is 0 Å². The van der Waals surface area contributed by atoms with E-state index in [9.17, 15) is 0 Å². The van der Waals surface area contributed by atoms with Gasteiger partial charge in [0.15, 0.2) is 0 Å². The molecule has 2 unspecified atom stereocenters. The van der Waals surface area contributed by atoms with Crippen LogP contribution in [0.4, 0.5) is 0 Å². The molecule has 2 aromatic carbocycles. The Kier molecular flexibility index (Phi) is 15.3. The average Bonchev–Trinajstić information content (AvgIpc) is 2.92. The minimum atomic E-state index is -1.53. The number of hydrogen-bond acceptors (Lipinski definition) is 0. The molecule has 0 N–H and O–H groups in total. The fourth-order valence-corrected chi connectivity index (χ4v) is 10.3. The quantitative estimate of drug-likeness (QED) is 0.263. The number of benzene rings is 1. The van der Waals surface area contributed by atoms with Gasteiger partial charge in [0.05, 0.1) is 8.80 Å². The standard InChI is InChI=1S/C28H39Si.3ClH.Ti/c1-9-24-16-25(10-2)18-26(17-24)29(27-22(7)20(5)21(6)23(27)8)28(19(3)4)14-12-11-13-15-28;;;;/h11-14,16-19,29H,9-10,15H2,1-8H3;3*1H;/q-1;;;;+4/p-3. The molecule has 0 aromatic heterocycles. The van der Waals surface area contributed by atoms with Gasteiger partial charge < -0.3 is 37.2 Å². The predicted octanol–water partition coefficient (Wildman–Crippen LogP) is -2.97. The van der Waals surface area contributed by atoms with Crippen molar-refractivity contribution >= 4 is 19.2 Å². The van der Waals surface area contributed by atoms with Crippen LogP contribution in [0.15, 0.2) is 42.5 Å². The molecular formula is C28H39Cl3SiTi. The number of allylic oxidation sites excluding steroid dienone is 4. The largest absolute Gasteiger partial charge is 4.00 e. The first kappa shape index (κ1) is 35.0. The Hall–Kier alpha value is -0.149. The average molecular weight is 558 g/mol. The Balaban J connectivity index is 0. The second-order valence-corrected chi connectivity index (χ2v) is 12.6. The molecule has 2 aromatic rings. The zero-order chi connectivity index (χ0) is 21.3. The SMILES string of the molecule is CCc1cc(CC)cc([SiH]([c-]2c(C)c(C)c(C)c2C)C2(C(C)C)C=CC=CC2)c1.[Cl-].[Cl-].[Cl-].[Ti+4]. The summed E-state index contributed by atoms with van der Waals surface area (Å²) in [6, 6.07) is 7.54. The summed E-state index contributed by atoms with van der Waals surface area (Å²) in [5.41, 5.74) is 9.13. The number of rotatable bonds is 6. The van der Waals surface area contributed by atoms with Crippen LogP contribution in [-0.4, -0.2) is 8.80 Å². The van der Waals surface area contributed by atoms with Gasteiger partial charge in [-0.15, -0.1) is 0 Å². The summed E-state index contributed by atoms with van der Waals surface area (Å²) < 4.78 is 0. The van der Waals surface area contributed by atoms with E-state index in [4.69, 9.17) is 0 Å². The summed E-state index contributed by atoms with van der Waals surface area (Å²) in [4.78, 5) is 0. The Morgan fingerprint density at radius 1 is 0.848 bits per heavy atom. The monoisotopic (exact) mass is 556 g/mol. The van der Waals surface area contributed by atoms with E-state index in [0.29, 0.717) is 5.92 Å². The second kappa shape index (κ2) is 14.4. The third-order valence-electron chi connectivity index (χ3n) is 7.75. The van der Waals surface area contributed by atoms with Crippen LogP contribution in [0.1, 0.15) is 67.5 Å². The van der Waals surface area contributed by atoms with E-state index >= 15 is 0 Å². The van der Waals surface area contributed by atoms with Gasteiger partial charge in [-0.3, -0.25) is 0 Å². The Labute approximate surface area is 238 Å². The van der Waals surface area contributed by atoms with Crippen LogP contribution in [0.3, 0.4) is 0 Å². The van der Waals surface area contributed by atoms with Crippen LogP contribution < -0.4 is 47.6 Å². The van der Waals surface area contributed by atoms with Gasteiger partial charge in [-0.05, 0) is 41.3 Å². The Morgan fingerprint density at radius 2 is 1.33 bits per heavy atom. The smallest absolute Gasteiger partial charge is 1.00 e. The molecule has 33 heavy (non-hydrogen) atoms. The molecule has 5 heteroatoms. The van der Waals surface area contributed by atoms with E-state index in [1.54, 1.807) is 21.5 Å². The van der Waals surface area contributed by atoms with Gasteiger partial charge in [0.25, 0.3) is 0 Å². The molecule has 0 radical (unpaired) electrons. The minimum Gasteiger partial charge on any atom is -1.00 e. The fraction of sp³-hybridized carbons (Fsp3) is 0.464. The molecule has 0 heterocycles. The number of halogens is 3. The van der Waals surface area contributed by atoms with Crippen molar-refractivity contribution in [3.63, 3.8) is 0 Å². The van der Waals surface area contributed by atoms with Crippen molar-refractivity contribution in [1.29, 1.82) is 0 Å². The van der Waals surface area contributed by atoms with E-state index in [1.165, 1.54) is 22.3 Å². The second-order valence-electron chi connectivity index (χ2n) is 9.40. The van der Waals surface area contributed by atoms with E-state index < -0.39 is 8.80 Å². The summed E-state index contributed by atoms with van der Waals surface area (Å²) in [6.45, 7) is 18.9. The van der Waals surface area contributed by atoms with Gasteiger partial charge in [-0.25, -0.2) is 0 Å². The fourth-order valence-electron chi connectivity index (χ4n) is 5.42. The normalized spacial score (nSPS) is 17.5. The topological polar surface area (TPSA) is 0 Å². The first-order valence-electron chi connectivity index (χ1n) is 11.5. The Morgan fingerprint density at radius 3 is 1.70 bits per heavy atom. The maximum atomic E-state index is 2.58. The molecule has 2 atom stereocenters. The molecule has 3 rings (SSSR count). The molecule has 0 spiro atoms. The molecule has 0 bridgehead atoms. The van der Waals surface area contributed by atoms with Crippen LogP contribution in [0.25, 0.3) is 0 Å². The van der Waals surface area contributed by atoms with Crippen molar-refractivity contribution in [2.24, 2.45) is 5.92 Å². The number of hydrogen-bond donors (Lipinski definition) is 0. The summed E-state index contributed by atoms with van der Waals surface area (Å²) in [5, 5.41) is 3.60. The number of aryl methyl sites for hydroxylation is 2. The van der Waals surface area contributed by atoms with Crippen molar-refractivity contribution in [1.82, 2.24) is 0 Å². The van der Waals surface area contributed by atoms with Crippen LogP contribution in [0.2, 0.25) is 5.04 Å². The molecule has 0 amide bonds. The van der Waals surface area contributed by atoms with Crippen LogP contribution in [-0.2, 0) is 34.6 Å². The van der Waals surface area contributed by atoms with Crippen LogP contribution in [0.5, 0.6) is 0 Å². The molecular weight excluding hydrogens is 519 g/mol. The van der Waals surface area contributed by atoms with Crippen LogP contribution >= 0.6 is 0 Å². The third-order valence-corrected chi connectivity index (χ3v) is 12.4. The van der Waals surface area contributed by atoms with Crippen molar-refractivity contribution in [2.45, 2.75) is 79.7 Å². The van der Waals surface area contributed by atoms with Gasteiger partial charge in [0, 0.05) is 0 Å². The molecule has 180 valence electrons. The van der Waals surface area contributed by atoms with E-state index in [0.717, 1.165) is 19.3 Å². The summed E-state index contributed by atoms with van der Waals surface area (Å²) in [6.07, 6.45) is 13.0. The maximum absolute atomic E-state index is 2.58. The van der Waals surface area contributed by atoms with Gasteiger partial charge in [-0.2, -0.15) is 27.4 Å². The van der Waals surface area contributed by atoms with E-state index in [1.807, 2.05) is 0 Å². The molecule has 0 fully saturated rings. The van der Waals surface area contributed by atoms with Gasteiger partial charge >= 0.3 is 21.7 Å². The zero-order valence-electron chi connectivity index (χ0n) is 21.5. The van der Waals surface area contributed by atoms with E-state index in [-0.39, 0.29) is 64.0 Å². The predicted molar refractivity (Wildman–Crippen MR) is 133 cm³/mol. The molecule has 0 aliphatic heterocycles. The summed E-state index contributed by atoms with van der Waals surface area (Å²) in [5.74, 6) is 0.616. The van der Waals surface area contributed by atoms with Crippen LogP contribution in [0, 0.1) is 33.6 Å². The third kappa shape index (κ3) is 6.55. The summed E-state index contributed by atoms with van der Waals surface area (Å²) >= 11 is 0. The molecule has 1 aliphatic carbocycles. The first-order valence-corrected chi connectivity index (χ1v) is 13.2. The van der Waals surface area contributed by atoms with Gasteiger partial charge in [-0.1, -0.05) is 103 Å². The summed E-state index contributed by atoms with van der Waals surface area (Å²) in [7, 11) is -1.53. The van der Waals surface area contributed by atoms with Gasteiger partial charge in [0.2, 0.25) is 0 Å². The zero-order valence-corrected chi connectivity index (χ0v) is 26.4. The molecule has 0 saturated heterocycles. The van der Waals surface area contributed by atoms with Crippen molar-refractivity contribution in [3.8, 4) is 0 Å². The Bertz CT molecular complexity index is 911.